The molecule has 7 heteroatoms. The molecule has 2 aromatic rings. The summed E-state index contributed by atoms with van der Waals surface area (Å²) in [6, 6.07) is 9.15. The normalized spacial score (nSPS) is 13.2. The van der Waals surface area contributed by atoms with Crippen LogP contribution in [0.15, 0.2) is 30.3 Å². The number of ether oxygens (including phenoxy) is 1. The molecule has 1 aliphatic rings. The Morgan fingerprint density at radius 1 is 1.21 bits per heavy atom. The first-order chi connectivity index (χ1) is 13.4. The molecule has 0 atom stereocenters. The summed E-state index contributed by atoms with van der Waals surface area (Å²) in [6.07, 6.45) is 0.552. The van der Waals surface area contributed by atoms with Crippen LogP contribution in [-0.4, -0.2) is 35.8 Å². The zero-order valence-electron chi connectivity index (χ0n) is 16.3. The summed E-state index contributed by atoms with van der Waals surface area (Å²) in [6.45, 7) is 6.54. The Kier molecular flexibility index (Phi) is 6.14. The molecule has 0 radical (unpaired) electrons. The van der Waals surface area contributed by atoms with Gasteiger partial charge in [-0.25, -0.2) is 4.79 Å². The van der Waals surface area contributed by atoms with E-state index in [-0.39, 0.29) is 24.3 Å². The number of amides is 2. The van der Waals surface area contributed by atoms with Crippen molar-refractivity contribution in [2.45, 2.75) is 33.7 Å². The average Bonchev–Trinajstić information content (AvgIpc) is 3.05. The smallest absolute Gasteiger partial charge is 0.341 e. The van der Waals surface area contributed by atoms with Crippen LogP contribution in [0.3, 0.4) is 0 Å². The number of nitrogens with one attached hydrogen (secondary N) is 1. The van der Waals surface area contributed by atoms with Gasteiger partial charge in [0, 0.05) is 22.9 Å². The van der Waals surface area contributed by atoms with Crippen molar-refractivity contribution in [2.24, 2.45) is 5.92 Å². The third kappa shape index (κ3) is 4.09. The second kappa shape index (κ2) is 8.56. The number of fused-ring (bicyclic) bond motifs is 1. The molecule has 0 unspecified atom stereocenters. The summed E-state index contributed by atoms with van der Waals surface area (Å²) in [5.41, 5.74) is 1.95. The first-order valence-electron chi connectivity index (χ1n) is 9.39. The molecule has 3 rings (SSSR count). The number of esters is 1. The van der Waals surface area contributed by atoms with Gasteiger partial charge in [-0.05, 0) is 31.0 Å². The Labute approximate surface area is 168 Å². The van der Waals surface area contributed by atoms with Crippen molar-refractivity contribution in [3.8, 4) is 0 Å². The Bertz CT molecular complexity index is 889. The summed E-state index contributed by atoms with van der Waals surface area (Å²) in [7, 11) is 0. The highest BCUT2D eigenvalue weighted by Crippen LogP contribution is 2.38. The van der Waals surface area contributed by atoms with Gasteiger partial charge in [0.05, 0.1) is 18.7 Å². The van der Waals surface area contributed by atoms with E-state index in [0.717, 1.165) is 10.4 Å². The van der Waals surface area contributed by atoms with Gasteiger partial charge in [-0.2, -0.15) is 0 Å². The van der Waals surface area contributed by atoms with Crippen molar-refractivity contribution >= 4 is 34.1 Å². The predicted octanol–water partition coefficient (Wildman–Crippen LogP) is 3.72. The number of benzene rings is 1. The van der Waals surface area contributed by atoms with Crippen LogP contribution in [0, 0.1) is 5.92 Å². The van der Waals surface area contributed by atoms with Gasteiger partial charge in [0.15, 0.2) is 0 Å². The second-order valence-corrected chi connectivity index (χ2v) is 8.02. The summed E-state index contributed by atoms with van der Waals surface area (Å²) in [5.74, 6) is -0.821. The summed E-state index contributed by atoms with van der Waals surface area (Å²) >= 11 is 1.35. The van der Waals surface area contributed by atoms with Crippen LogP contribution in [0.4, 0.5) is 5.00 Å². The molecule has 0 spiro atoms. The molecule has 0 saturated carbocycles. The van der Waals surface area contributed by atoms with Crippen molar-refractivity contribution in [3.63, 3.8) is 0 Å². The van der Waals surface area contributed by atoms with Crippen molar-refractivity contribution in [1.29, 1.82) is 0 Å². The molecule has 0 bridgehead atoms. The lowest BCUT2D eigenvalue weighted by Crippen LogP contribution is -2.35. The number of nitrogens with zero attached hydrogens (tertiary/aromatic N) is 1. The van der Waals surface area contributed by atoms with Crippen molar-refractivity contribution in [3.05, 3.63) is 51.9 Å². The zero-order valence-corrected chi connectivity index (χ0v) is 17.1. The minimum absolute atomic E-state index is 0.0369. The van der Waals surface area contributed by atoms with Crippen LogP contribution in [0.5, 0.6) is 0 Å². The monoisotopic (exact) mass is 400 g/mol. The highest BCUT2D eigenvalue weighted by atomic mass is 32.1. The fraction of sp³-hybridized carbons (Fsp3) is 0.381. The number of anilines is 1. The molecular formula is C21H24N2O4S. The Morgan fingerprint density at radius 3 is 2.57 bits per heavy atom. The van der Waals surface area contributed by atoms with Crippen molar-refractivity contribution in [2.75, 3.05) is 18.5 Å². The summed E-state index contributed by atoms with van der Waals surface area (Å²) < 4.78 is 5.21. The molecular weight excluding hydrogens is 376 g/mol. The van der Waals surface area contributed by atoms with E-state index in [9.17, 15) is 14.4 Å². The van der Waals surface area contributed by atoms with E-state index in [4.69, 9.17) is 4.74 Å². The Balaban J connectivity index is 1.90. The molecule has 1 N–H and O–H groups in total. The van der Waals surface area contributed by atoms with E-state index in [1.807, 2.05) is 18.2 Å². The standard InChI is InChI=1S/C21H24N2O4S/c1-4-27-21(26)17-15-10-11-23(20(25)14-8-6-5-7-9-14)12-16(15)28-19(17)22-18(24)13(2)3/h5-9,13H,4,10-12H2,1-3H3,(H,22,24). The molecule has 1 aromatic heterocycles. The maximum absolute atomic E-state index is 12.8. The average molecular weight is 401 g/mol. The van der Waals surface area contributed by atoms with Gasteiger partial charge in [-0.3, -0.25) is 9.59 Å². The van der Waals surface area contributed by atoms with E-state index < -0.39 is 5.97 Å². The van der Waals surface area contributed by atoms with Crippen LogP contribution in [0.1, 0.15) is 51.9 Å². The fourth-order valence-corrected chi connectivity index (χ4v) is 4.36. The largest absolute Gasteiger partial charge is 0.462 e. The Hall–Kier alpha value is -2.67. The maximum Gasteiger partial charge on any atom is 0.341 e. The van der Waals surface area contributed by atoms with E-state index in [1.165, 1.54) is 11.3 Å². The molecule has 2 amide bonds. The topological polar surface area (TPSA) is 75.7 Å². The third-order valence-electron chi connectivity index (χ3n) is 4.61. The van der Waals surface area contributed by atoms with Crippen LogP contribution in [0.2, 0.25) is 0 Å². The number of hydrogen-bond acceptors (Lipinski definition) is 5. The zero-order chi connectivity index (χ0) is 20.3. The third-order valence-corrected chi connectivity index (χ3v) is 5.74. The van der Waals surface area contributed by atoms with E-state index in [0.29, 0.717) is 35.6 Å². The molecule has 2 heterocycles. The molecule has 0 fully saturated rings. The van der Waals surface area contributed by atoms with Crippen LogP contribution < -0.4 is 5.32 Å². The van der Waals surface area contributed by atoms with Gasteiger partial charge in [0.1, 0.15) is 5.00 Å². The number of rotatable bonds is 5. The molecule has 28 heavy (non-hydrogen) atoms. The number of carbonyl (C=O) groups is 3. The SMILES string of the molecule is CCOC(=O)c1c(NC(=O)C(C)C)sc2c1CCN(C(=O)c1ccccc1)C2. The highest BCUT2D eigenvalue weighted by Gasteiger charge is 2.31. The van der Waals surface area contributed by atoms with E-state index >= 15 is 0 Å². The number of hydrogen-bond donors (Lipinski definition) is 1. The minimum atomic E-state index is -0.429. The van der Waals surface area contributed by atoms with Gasteiger partial charge >= 0.3 is 5.97 Å². The second-order valence-electron chi connectivity index (χ2n) is 6.92. The van der Waals surface area contributed by atoms with Crippen LogP contribution in [0.25, 0.3) is 0 Å². The van der Waals surface area contributed by atoms with Crippen molar-refractivity contribution < 1.29 is 19.1 Å². The Morgan fingerprint density at radius 2 is 1.93 bits per heavy atom. The van der Waals surface area contributed by atoms with Gasteiger partial charge < -0.3 is 15.0 Å². The fourth-order valence-electron chi connectivity index (χ4n) is 3.10. The van der Waals surface area contributed by atoms with Crippen molar-refractivity contribution in [1.82, 2.24) is 4.90 Å². The summed E-state index contributed by atoms with van der Waals surface area (Å²) in [5, 5.41) is 3.37. The lowest BCUT2D eigenvalue weighted by Gasteiger charge is -2.27. The number of carbonyl (C=O) groups excluding carboxylic acids is 3. The predicted molar refractivity (Wildman–Crippen MR) is 109 cm³/mol. The molecule has 1 aromatic carbocycles. The van der Waals surface area contributed by atoms with Crippen LogP contribution in [-0.2, 0) is 22.5 Å². The quantitative estimate of drug-likeness (QED) is 0.776. The minimum Gasteiger partial charge on any atom is -0.462 e. The van der Waals surface area contributed by atoms with Gasteiger partial charge in [-0.1, -0.05) is 32.0 Å². The van der Waals surface area contributed by atoms with Gasteiger partial charge in [0.2, 0.25) is 5.91 Å². The van der Waals surface area contributed by atoms with Gasteiger partial charge in [0.25, 0.3) is 5.91 Å². The van der Waals surface area contributed by atoms with E-state index in [1.54, 1.807) is 37.8 Å². The molecule has 1 aliphatic heterocycles. The lowest BCUT2D eigenvalue weighted by molar-refractivity contribution is -0.118. The molecule has 0 saturated heterocycles. The first kappa shape index (κ1) is 20.1. The first-order valence-corrected chi connectivity index (χ1v) is 10.2. The number of thiophene rings is 1. The molecule has 0 aliphatic carbocycles. The molecule has 148 valence electrons. The van der Waals surface area contributed by atoms with E-state index in [2.05, 4.69) is 5.32 Å². The van der Waals surface area contributed by atoms with Crippen LogP contribution >= 0.6 is 11.3 Å². The maximum atomic E-state index is 12.8. The van der Waals surface area contributed by atoms with Gasteiger partial charge in [-0.15, -0.1) is 11.3 Å². The molecule has 6 nitrogen and oxygen atoms in total. The highest BCUT2D eigenvalue weighted by molar-refractivity contribution is 7.17. The summed E-state index contributed by atoms with van der Waals surface area (Å²) in [4.78, 5) is 40.2. The lowest BCUT2D eigenvalue weighted by atomic mass is 10.0.